The molecule has 1 N–H and O–H groups in total. The van der Waals surface area contributed by atoms with Crippen LogP contribution in [-0.4, -0.2) is 65.2 Å². The number of anilines is 1. The van der Waals surface area contributed by atoms with E-state index in [-0.39, 0.29) is 10.1 Å². The first-order chi connectivity index (χ1) is 18.1. The molecule has 190 valence electrons. The van der Waals surface area contributed by atoms with Crippen LogP contribution < -0.4 is 10.1 Å². The lowest BCUT2D eigenvalue weighted by Gasteiger charge is -2.26. The number of carbonyl (C=O) groups excluding carboxylic acids is 1. The molecule has 0 saturated carbocycles. The molecule has 4 aromatic rings. The van der Waals surface area contributed by atoms with Crippen LogP contribution in [0.4, 0.5) is 10.1 Å². The van der Waals surface area contributed by atoms with Crippen LogP contribution >= 0.6 is 11.3 Å². The van der Waals surface area contributed by atoms with E-state index in [0.29, 0.717) is 34.5 Å². The molecule has 2 aromatic heterocycles. The number of pyridine rings is 1. The molecule has 1 amide bonds. The Bertz CT molecular complexity index is 1410. The minimum absolute atomic E-state index is 0.143. The van der Waals surface area contributed by atoms with Crippen molar-refractivity contribution in [2.75, 3.05) is 44.8 Å². The van der Waals surface area contributed by atoms with Gasteiger partial charge in [-0.05, 0) is 36.0 Å². The zero-order valence-corrected chi connectivity index (χ0v) is 20.8. The second-order valence-electron chi connectivity index (χ2n) is 8.47. The SMILES string of the molecule is O=C(Nc1ncc([N+](=O)[O-])s1)c1cc(-c2ccccc2)nc2cc(OCCCN3CCOCC3)ccc12. The average Bonchev–Trinajstić information content (AvgIpc) is 3.40. The van der Waals surface area contributed by atoms with E-state index in [9.17, 15) is 14.9 Å². The van der Waals surface area contributed by atoms with Gasteiger partial charge >= 0.3 is 5.00 Å². The summed E-state index contributed by atoms with van der Waals surface area (Å²) in [6.45, 7) is 4.96. The number of ether oxygens (including phenoxy) is 2. The van der Waals surface area contributed by atoms with Crippen molar-refractivity contribution in [1.82, 2.24) is 14.9 Å². The van der Waals surface area contributed by atoms with Gasteiger partial charge in [-0.25, -0.2) is 9.97 Å². The molecule has 1 aliphatic heterocycles. The second kappa shape index (κ2) is 11.4. The number of fused-ring (bicyclic) bond motifs is 1. The number of hydrogen-bond donors (Lipinski definition) is 1. The number of morpholine rings is 1. The molecule has 2 aromatic carbocycles. The summed E-state index contributed by atoms with van der Waals surface area (Å²) < 4.78 is 11.4. The molecule has 3 heterocycles. The van der Waals surface area contributed by atoms with E-state index in [1.165, 1.54) is 0 Å². The molecule has 11 heteroatoms. The minimum atomic E-state index is -0.537. The largest absolute Gasteiger partial charge is 0.493 e. The van der Waals surface area contributed by atoms with Crippen LogP contribution in [0, 0.1) is 10.1 Å². The van der Waals surface area contributed by atoms with Crippen LogP contribution in [0.25, 0.3) is 22.2 Å². The van der Waals surface area contributed by atoms with Crippen molar-refractivity contribution < 1.29 is 19.2 Å². The maximum absolute atomic E-state index is 13.2. The number of thiazole rings is 1. The summed E-state index contributed by atoms with van der Waals surface area (Å²) in [5, 5.41) is 14.3. The number of nitrogens with zero attached hydrogens (tertiary/aromatic N) is 4. The summed E-state index contributed by atoms with van der Waals surface area (Å²) in [5.41, 5.74) is 2.50. The third-order valence-corrected chi connectivity index (χ3v) is 6.84. The van der Waals surface area contributed by atoms with Crippen molar-refractivity contribution in [3.05, 3.63) is 76.5 Å². The molecule has 37 heavy (non-hydrogen) atoms. The zero-order valence-electron chi connectivity index (χ0n) is 20.0. The van der Waals surface area contributed by atoms with Gasteiger partial charge < -0.3 is 9.47 Å². The number of nitro groups is 1. The van der Waals surface area contributed by atoms with Crippen LogP contribution in [-0.2, 0) is 4.74 Å². The standard InChI is InChI=1S/C26H25N5O5S/c32-25(29-26-27-17-24(37-26)31(33)34)21-16-22(18-5-2-1-3-6-18)28-23-15-19(7-8-20(21)23)36-12-4-9-30-10-13-35-14-11-30/h1-3,5-8,15-17H,4,9-14H2,(H,27,29,32). The lowest BCUT2D eigenvalue weighted by Crippen LogP contribution is -2.37. The highest BCUT2D eigenvalue weighted by molar-refractivity contribution is 7.18. The summed E-state index contributed by atoms with van der Waals surface area (Å²) in [4.78, 5) is 34.8. The molecule has 0 radical (unpaired) electrons. The first-order valence-corrected chi connectivity index (χ1v) is 12.7. The molecule has 5 rings (SSSR count). The minimum Gasteiger partial charge on any atom is -0.493 e. The monoisotopic (exact) mass is 519 g/mol. The Morgan fingerprint density at radius 1 is 1.16 bits per heavy atom. The Labute approximate surface area is 217 Å². The number of amides is 1. The van der Waals surface area contributed by atoms with Crippen LogP contribution in [0.15, 0.2) is 60.8 Å². The van der Waals surface area contributed by atoms with Crippen molar-refractivity contribution in [3.63, 3.8) is 0 Å². The molecule has 0 unspecified atom stereocenters. The molecule has 1 fully saturated rings. The number of rotatable bonds is 9. The normalized spacial score (nSPS) is 13.9. The van der Waals surface area contributed by atoms with Crippen molar-refractivity contribution >= 4 is 38.3 Å². The average molecular weight is 520 g/mol. The molecule has 0 aliphatic carbocycles. The van der Waals surface area contributed by atoms with E-state index < -0.39 is 10.8 Å². The maximum atomic E-state index is 13.2. The van der Waals surface area contributed by atoms with Gasteiger partial charge in [-0.2, -0.15) is 0 Å². The van der Waals surface area contributed by atoms with Crippen LogP contribution in [0.1, 0.15) is 16.8 Å². The van der Waals surface area contributed by atoms with Crippen molar-refractivity contribution in [1.29, 1.82) is 0 Å². The van der Waals surface area contributed by atoms with Crippen LogP contribution in [0.3, 0.4) is 0 Å². The number of hydrogen-bond acceptors (Lipinski definition) is 9. The van der Waals surface area contributed by atoms with Gasteiger partial charge in [0.05, 0.1) is 41.5 Å². The summed E-state index contributed by atoms with van der Waals surface area (Å²) in [5.74, 6) is 0.252. The van der Waals surface area contributed by atoms with E-state index in [2.05, 4.69) is 15.2 Å². The molecular weight excluding hydrogens is 494 g/mol. The molecular formula is C26H25N5O5S. The Morgan fingerprint density at radius 2 is 1.97 bits per heavy atom. The third kappa shape index (κ3) is 6.08. The highest BCUT2D eigenvalue weighted by Crippen LogP contribution is 2.30. The molecule has 0 atom stereocenters. The van der Waals surface area contributed by atoms with E-state index in [1.54, 1.807) is 6.07 Å². The van der Waals surface area contributed by atoms with Gasteiger partial charge in [0.25, 0.3) is 5.91 Å². The van der Waals surface area contributed by atoms with Crippen molar-refractivity contribution in [2.24, 2.45) is 0 Å². The van der Waals surface area contributed by atoms with Crippen molar-refractivity contribution in [3.8, 4) is 17.0 Å². The quantitative estimate of drug-likeness (QED) is 0.193. The summed E-state index contributed by atoms with van der Waals surface area (Å²) >= 11 is 0.806. The molecule has 1 saturated heterocycles. The number of nitrogens with one attached hydrogen (secondary N) is 1. The smallest absolute Gasteiger partial charge is 0.345 e. The van der Waals surface area contributed by atoms with Gasteiger partial charge in [0, 0.05) is 36.7 Å². The molecule has 0 spiro atoms. The molecule has 0 bridgehead atoms. The Balaban J connectivity index is 1.38. The highest BCUT2D eigenvalue weighted by atomic mass is 32.1. The molecule has 10 nitrogen and oxygen atoms in total. The number of benzene rings is 2. The van der Waals surface area contributed by atoms with Gasteiger partial charge in [0.15, 0.2) is 5.13 Å². The fourth-order valence-corrected chi connectivity index (χ4v) is 4.75. The van der Waals surface area contributed by atoms with Gasteiger partial charge in [0.2, 0.25) is 0 Å². The van der Waals surface area contributed by atoms with Crippen LogP contribution in [0.2, 0.25) is 0 Å². The predicted octanol–water partition coefficient (Wildman–Crippen LogP) is 4.62. The Hall–Kier alpha value is -3.93. The second-order valence-corrected chi connectivity index (χ2v) is 9.48. The van der Waals surface area contributed by atoms with Gasteiger partial charge in [0.1, 0.15) is 11.9 Å². The summed E-state index contributed by atoms with van der Waals surface area (Å²) in [7, 11) is 0. The summed E-state index contributed by atoms with van der Waals surface area (Å²) in [6, 6.07) is 16.8. The van der Waals surface area contributed by atoms with E-state index in [0.717, 1.165) is 62.4 Å². The predicted molar refractivity (Wildman–Crippen MR) is 141 cm³/mol. The van der Waals surface area contributed by atoms with E-state index >= 15 is 0 Å². The van der Waals surface area contributed by atoms with Crippen molar-refractivity contribution in [2.45, 2.75) is 6.42 Å². The lowest BCUT2D eigenvalue weighted by molar-refractivity contribution is -0.380. The fraction of sp³-hybridized carbons (Fsp3) is 0.269. The number of carbonyl (C=O) groups is 1. The first kappa shape index (κ1) is 24.8. The Morgan fingerprint density at radius 3 is 2.73 bits per heavy atom. The topological polar surface area (TPSA) is 120 Å². The number of aromatic nitrogens is 2. The highest BCUT2D eigenvalue weighted by Gasteiger charge is 2.18. The summed E-state index contributed by atoms with van der Waals surface area (Å²) in [6.07, 6.45) is 2.02. The third-order valence-electron chi connectivity index (χ3n) is 5.98. The zero-order chi connectivity index (χ0) is 25.6. The van der Waals surface area contributed by atoms with Gasteiger partial charge in [-0.15, -0.1) is 0 Å². The fourth-order valence-electron chi connectivity index (χ4n) is 4.12. The maximum Gasteiger partial charge on any atom is 0.345 e. The molecule has 1 aliphatic rings. The van der Waals surface area contributed by atoms with E-state index in [4.69, 9.17) is 14.5 Å². The van der Waals surface area contributed by atoms with Gasteiger partial charge in [-0.1, -0.05) is 30.3 Å². The van der Waals surface area contributed by atoms with Crippen LogP contribution in [0.5, 0.6) is 5.75 Å². The van der Waals surface area contributed by atoms with E-state index in [1.807, 2.05) is 48.5 Å². The van der Waals surface area contributed by atoms with Gasteiger partial charge in [-0.3, -0.25) is 25.1 Å². The Kier molecular flexibility index (Phi) is 7.64. The first-order valence-electron chi connectivity index (χ1n) is 11.9. The lowest BCUT2D eigenvalue weighted by atomic mass is 10.0.